The first-order chi connectivity index (χ1) is 11.3. The third-order valence-electron chi connectivity index (χ3n) is 3.58. The van der Waals surface area contributed by atoms with E-state index in [0.717, 1.165) is 0 Å². The first kappa shape index (κ1) is 17.2. The molecule has 2 aromatic carbocycles. The van der Waals surface area contributed by atoms with Crippen LogP contribution in [0, 0.1) is 26.9 Å². The van der Waals surface area contributed by atoms with Gasteiger partial charge in [0.2, 0.25) is 0 Å². The van der Waals surface area contributed by atoms with Crippen LogP contribution in [0.5, 0.6) is 0 Å². The van der Waals surface area contributed by atoms with Crippen molar-refractivity contribution in [1.82, 2.24) is 0 Å². The van der Waals surface area contributed by atoms with Gasteiger partial charge in [-0.15, -0.1) is 0 Å². The molecule has 1 atom stereocenters. The second-order valence-electron chi connectivity index (χ2n) is 5.83. The molecule has 122 valence electrons. The van der Waals surface area contributed by atoms with Crippen molar-refractivity contribution in [2.45, 2.75) is 20.0 Å². The zero-order valence-electron chi connectivity index (χ0n) is 13.3. The minimum absolute atomic E-state index is 0.108. The van der Waals surface area contributed by atoms with E-state index in [1.54, 1.807) is 38.1 Å². The van der Waals surface area contributed by atoms with E-state index in [0.29, 0.717) is 5.56 Å². The van der Waals surface area contributed by atoms with E-state index in [1.165, 1.54) is 24.3 Å². The van der Waals surface area contributed by atoms with Crippen LogP contribution in [0.25, 0.3) is 0 Å². The number of benzene rings is 2. The number of rotatable bonds is 5. The largest absolute Gasteiger partial charge is 0.452 e. The van der Waals surface area contributed by atoms with Crippen LogP contribution in [0.4, 0.5) is 5.69 Å². The maximum absolute atomic E-state index is 12.4. The highest BCUT2D eigenvalue weighted by molar-refractivity contribution is 5.89. The molecule has 2 aromatic rings. The number of nitriles is 1. The number of nitrogens with zero attached hydrogens (tertiary/aromatic N) is 2. The lowest BCUT2D eigenvalue weighted by atomic mass is 9.84. The van der Waals surface area contributed by atoms with Gasteiger partial charge in [0, 0.05) is 12.1 Å². The summed E-state index contributed by atoms with van der Waals surface area (Å²) in [5.74, 6) is -0.637. The van der Waals surface area contributed by atoms with Crippen LogP contribution in [0.2, 0.25) is 0 Å². The van der Waals surface area contributed by atoms with E-state index in [1.807, 2.05) is 6.07 Å². The topological polar surface area (TPSA) is 93.2 Å². The van der Waals surface area contributed by atoms with Crippen molar-refractivity contribution in [2.24, 2.45) is 5.41 Å². The SMILES string of the molecule is CC(C)(C#N)[C@H](OC(=O)c1ccc([N+](=O)[O-])cc1)c1ccccc1. The van der Waals surface area contributed by atoms with E-state index in [9.17, 15) is 20.2 Å². The summed E-state index contributed by atoms with van der Waals surface area (Å²) in [4.78, 5) is 22.5. The maximum Gasteiger partial charge on any atom is 0.338 e. The third kappa shape index (κ3) is 3.76. The average Bonchev–Trinajstić information content (AvgIpc) is 2.60. The molecule has 0 N–H and O–H groups in total. The lowest BCUT2D eigenvalue weighted by molar-refractivity contribution is -0.384. The Morgan fingerprint density at radius 3 is 2.25 bits per heavy atom. The second-order valence-corrected chi connectivity index (χ2v) is 5.83. The van der Waals surface area contributed by atoms with Gasteiger partial charge in [0.1, 0.15) is 6.10 Å². The van der Waals surface area contributed by atoms with Gasteiger partial charge < -0.3 is 4.74 Å². The van der Waals surface area contributed by atoms with Crippen molar-refractivity contribution < 1.29 is 14.5 Å². The molecule has 0 radical (unpaired) electrons. The molecule has 0 aliphatic heterocycles. The molecule has 2 rings (SSSR count). The molecule has 0 unspecified atom stereocenters. The summed E-state index contributed by atoms with van der Waals surface area (Å²) < 4.78 is 5.55. The summed E-state index contributed by atoms with van der Waals surface area (Å²) in [6.45, 7) is 3.38. The van der Waals surface area contributed by atoms with Crippen LogP contribution in [-0.2, 0) is 4.74 Å². The maximum atomic E-state index is 12.4. The third-order valence-corrected chi connectivity index (χ3v) is 3.58. The molecule has 0 heterocycles. The Bertz CT molecular complexity index is 777. The first-order valence-corrected chi connectivity index (χ1v) is 7.27. The number of carbonyl (C=O) groups excluding carboxylic acids is 1. The van der Waals surface area contributed by atoms with Gasteiger partial charge in [-0.2, -0.15) is 5.26 Å². The van der Waals surface area contributed by atoms with Gasteiger partial charge in [0.05, 0.1) is 22.0 Å². The molecule has 0 aromatic heterocycles. The number of nitro groups is 1. The Kier molecular flexibility index (Phi) is 4.95. The molecule has 0 amide bonds. The number of hydrogen-bond acceptors (Lipinski definition) is 5. The Balaban J connectivity index is 2.28. The first-order valence-electron chi connectivity index (χ1n) is 7.27. The summed E-state index contributed by atoms with van der Waals surface area (Å²) in [6.07, 6.45) is -0.758. The van der Waals surface area contributed by atoms with E-state index in [4.69, 9.17) is 4.74 Å². The van der Waals surface area contributed by atoms with Crippen molar-refractivity contribution >= 4 is 11.7 Å². The molecule has 0 saturated carbocycles. The summed E-state index contributed by atoms with van der Waals surface area (Å²) in [5.41, 5.74) is -0.143. The Morgan fingerprint density at radius 2 is 1.75 bits per heavy atom. The van der Waals surface area contributed by atoms with Crippen molar-refractivity contribution in [2.75, 3.05) is 0 Å². The number of esters is 1. The second kappa shape index (κ2) is 6.92. The number of non-ortho nitro benzene ring substituents is 1. The highest BCUT2D eigenvalue weighted by Gasteiger charge is 2.34. The molecular weight excluding hydrogens is 308 g/mol. The minimum Gasteiger partial charge on any atom is -0.452 e. The standard InChI is InChI=1S/C18H16N2O4/c1-18(2,12-19)16(13-6-4-3-5-7-13)24-17(21)14-8-10-15(11-9-14)20(22)23/h3-11,16H,1-2H3/t16-/m1/s1. The zero-order valence-corrected chi connectivity index (χ0v) is 13.3. The van der Waals surface area contributed by atoms with Crippen LogP contribution in [0.1, 0.15) is 35.9 Å². The lowest BCUT2D eigenvalue weighted by Gasteiger charge is -2.28. The van der Waals surface area contributed by atoms with Crippen LogP contribution < -0.4 is 0 Å². The highest BCUT2D eigenvalue weighted by atomic mass is 16.6. The van der Waals surface area contributed by atoms with E-state index in [2.05, 4.69) is 6.07 Å². The molecule has 24 heavy (non-hydrogen) atoms. The number of nitro benzene ring substituents is 1. The number of carbonyl (C=O) groups is 1. The van der Waals surface area contributed by atoms with E-state index < -0.39 is 22.4 Å². The number of hydrogen-bond donors (Lipinski definition) is 0. The predicted molar refractivity (Wildman–Crippen MR) is 87.1 cm³/mol. The monoisotopic (exact) mass is 324 g/mol. The van der Waals surface area contributed by atoms with Gasteiger partial charge in [-0.3, -0.25) is 10.1 Å². The van der Waals surface area contributed by atoms with Crippen LogP contribution in [0.15, 0.2) is 54.6 Å². The summed E-state index contributed by atoms with van der Waals surface area (Å²) in [7, 11) is 0. The summed E-state index contributed by atoms with van der Waals surface area (Å²) >= 11 is 0. The van der Waals surface area contributed by atoms with Crippen molar-refractivity contribution in [3.8, 4) is 6.07 Å². The van der Waals surface area contributed by atoms with Gasteiger partial charge in [-0.25, -0.2) is 4.79 Å². The average molecular weight is 324 g/mol. The molecular formula is C18H16N2O4. The molecule has 0 spiro atoms. The van der Waals surface area contributed by atoms with Crippen LogP contribution >= 0.6 is 0 Å². The zero-order chi connectivity index (χ0) is 17.7. The normalized spacial score (nSPS) is 12.0. The van der Waals surface area contributed by atoms with Crippen LogP contribution in [0.3, 0.4) is 0 Å². The van der Waals surface area contributed by atoms with Gasteiger partial charge in [-0.05, 0) is 31.5 Å². The quantitative estimate of drug-likeness (QED) is 0.470. The molecule has 0 aliphatic rings. The van der Waals surface area contributed by atoms with Gasteiger partial charge in [0.15, 0.2) is 0 Å². The summed E-state index contributed by atoms with van der Waals surface area (Å²) in [5, 5.41) is 20.1. The lowest BCUT2D eigenvalue weighted by Crippen LogP contribution is -2.25. The van der Waals surface area contributed by atoms with Crippen LogP contribution in [-0.4, -0.2) is 10.9 Å². The van der Waals surface area contributed by atoms with Crippen molar-refractivity contribution in [1.29, 1.82) is 5.26 Å². The Morgan fingerprint density at radius 1 is 1.17 bits per heavy atom. The van der Waals surface area contributed by atoms with Gasteiger partial charge in [0.25, 0.3) is 5.69 Å². The molecule has 0 aliphatic carbocycles. The molecule has 0 saturated heterocycles. The Hall–Kier alpha value is -3.20. The van der Waals surface area contributed by atoms with Gasteiger partial charge in [-0.1, -0.05) is 30.3 Å². The minimum atomic E-state index is -0.933. The predicted octanol–water partition coefficient (Wildman–Crippen LogP) is 4.04. The Labute approximate surface area is 139 Å². The molecule has 6 heteroatoms. The smallest absolute Gasteiger partial charge is 0.338 e. The fourth-order valence-electron chi connectivity index (χ4n) is 2.21. The fourth-order valence-corrected chi connectivity index (χ4v) is 2.21. The van der Waals surface area contributed by atoms with Crippen molar-refractivity contribution in [3.05, 3.63) is 75.8 Å². The summed E-state index contributed by atoms with van der Waals surface area (Å²) in [6, 6.07) is 16.3. The number of ether oxygens (including phenoxy) is 1. The molecule has 0 fully saturated rings. The van der Waals surface area contributed by atoms with Crippen molar-refractivity contribution in [3.63, 3.8) is 0 Å². The van der Waals surface area contributed by atoms with E-state index >= 15 is 0 Å². The van der Waals surface area contributed by atoms with E-state index in [-0.39, 0.29) is 11.3 Å². The van der Waals surface area contributed by atoms with Gasteiger partial charge >= 0.3 is 5.97 Å². The molecule has 6 nitrogen and oxygen atoms in total. The highest BCUT2D eigenvalue weighted by Crippen LogP contribution is 2.36. The molecule has 0 bridgehead atoms. The fraction of sp³-hybridized carbons (Fsp3) is 0.222.